The Hall–Kier alpha value is -1.55. The molecule has 4 nitrogen and oxygen atoms in total. The number of carbonyl (C=O) groups excluding carboxylic acids is 1. The summed E-state index contributed by atoms with van der Waals surface area (Å²) in [5, 5.41) is 0. The molecule has 0 saturated heterocycles. The normalized spacial score (nSPS) is 16.2. The quantitative estimate of drug-likeness (QED) is 0.852. The van der Waals surface area contributed by atoms with E-state index in [-0.39, 0.29) is 11.9 Å². The predicted octanol–water partition coefficient (Wildman–Crippen LogP) is 1.10. The van der Waals surface area contributed by atoms with Gasteiger partial charge in [-0.2, -0.15) is 0 Å². The molecule has 0 fully saturated rings. The average molecular weight is 234 g/mol. The summed E-state index contributed by atoms with van der Waals surface area (Å²) in [7, 11) is 3.71. The summed E-state index contributed by atoms with van der Waals surface area (Å²) < 4.78 is 5.55. The smallest absolute Gasteiger partial charge is 0.239 e. The van der Waals surface area contributed by atoms with E-state index in [1.54, 1.807) is 0 Å². The maximum atomic E-state index is 11.5. The summed E-state index contributed by atoms with van der Waals surface area (Å²) in [5.74, 6) is 0.605. The van der Waals surface area contributed by atoms with Crippen molar-refractivity contribution in [2.24, 2.45) is 5.73 Å². The molecule has 0 radical (unpaired) electrons. The highest BCUT2D eigenvalue weighted by molar-refractivity contribution is 5.81. The zero-order chi connectivity index (χ0) is 12.4. The zero-order valence-electron chi connectivity index (χ0n) is 10.3. The Balaban J connectivity index is 2.35. The van der Waals surface area contributed by atoms with Crippen molar-refractivity contribution in [3.05, 3.63) is 29.3 Å². The number of hydrogen-bond donors (Lipinski definition) is 1. The molecule has 0 aliphatic carbocycles. The van der Waals surface area contributed by atoms with Gasteiger partial charge in [0.25, 0.3) is 0 Å². The summed E-state index contributed by atoms with van der Waals surface area (Å²) in [6.45, 7) is 0.777. The molecular formula is C13H18N2O2. The molecule has 1 heterocycles. The van der Waals surface area contributed by atoms with Crippen molar-refractivity contribution in [3.63, 3.8) is 0 Å². The van der Waals surface area contributed by atoms with Crippen LogP contribution in [0.3, 0.4) is 0 Å². The van der Waals surface area contributed by atoms with Crippen LogP contribution in [0.5, 0.6) is 5.75 Å². The fourth-order valence-corrected chi connectivity index (χ4v) is 2.27. The number of fused-ring (bicyclic) bond motifs is 1. The van der Waals surface area contributed by atoms with Crippen molar-refractivity contribution in [2.75, 3.05) is 20.7 Å². The first kappa shape index (κ1) is 11.9. The highest BCUT2D eigenvalue weighted by Gasteiger charge is 2.22. The number of hydrogen-bond acceptors (Lipinski definition) is 3. The molecule has 1 aliphatic heterocycles. The SMILES string of the molecule is CN(C)C(C(N)=O)c1ccc2c(c1)CCCO2. The second-order valence-electron chi connectivity index (χ2n) is 4.59. The Bertz CT molecular complexity index is 429. The zero-order valence-corrected chi connectivity index (χ0v) is 10.3. The van der Waals surface area contributed by atoms with Crippen LogP contribution in [0.25, 0.3) is 0 Å². The maximum Gasteiger partial charge on any atom is 0.239 e. The molecule has 1 aromatic rings. The van der Waals surface area contributed by atoms with Gasteiger partial charge in [-0.3, -0.25) is 9.69 Å². The van der Waals surface area contributed by atoms with Crippen molar-refractivity contribution in [3.8, 4) is 5.75 Å². The molecule has 0 aromatic heterocycles. The number of rotatable bonds is 3. The van der Waals surface area contributed by atoms with Gasteiger partial charge >= 0.3 is 0 Å². The Morgan fingerprint density at radius 1 is 1.47 bits per heavy atom. The van der Waals surface area contributed by atoms with Gasteiger partial charge in [-0.05, 0) is 44.1 Å². The Kier molecular flexibility index (Phi) is 3.33. The van der Waals surface area contributed by atoms with Crippen molar-refractivity contribution >= 4 is 5.91 Å². The van der Waals surface area contributed by atoms with Gasteiger partial charge in [0.05, 0.1) is 6.61 Å². The number of amides is 1. The number of aryl methyl sites for hydroxylation is 1. The molecule has 1 atom stereocenters. The van der Waals surface area contributed by atoms with Crippen LogP contribution in [0.15, 0.2) is 18.2 Å². The van der Waals surface area contributed by atoms with Crippen LogP contribution in [-0.2, 0) is 11.2 Å². The molecule has 1 unspecified atom stereocenters. The first-order valence-electron chi connectivity index (χ1n) is 5.81. The summed E-state index contributed by atoms with van der Waals surface area (Å²) >= 11 is 0. The van der Waals surface area contributed by atoms with Crippen molar-refractivity contribution in [1.29, 1.82) is 0 Å². The van der Waals surface area contributed by atoms with Gasteiger partial charge in [-0.25, -0.2) is 0 Å². The van der Waals surface area contributed by atoms with E-state index in [1.807, 2.05) is 37.2 Å². The highest BCUT2D eigenvalue weighted by atomic mass is 16.5. The second kappa shape index (κ2) is 4.75. The minimum absolute atomic E-state index is 0.327. The number of nitrogens with two attached hydrogens (primary N) is 1. The van der Waals surface area contributed by atoms with Crippen LogP contribution in [0.2, 0.25) is 0 Å². The molecule has 0 saturated carbocycles. The molecule has 1 aromatic carbocycles. The van der Waals surface area contributed by atoms with Gasteiger partial charge in [0, 0.05) is 0 Å². The van der Waals surface area contributed by atoms with E-state index < -0.39 is 0 Å². The van der Waals surface area contributed by atoms with Crippen LogP contribution < -0.4 is 10.5 Å². The van der Waals surface area contributed by atoms with Crippen LogP contribution in [0.1, 0.15) is 23.6 Å². The fraction of sp³-hybridized carbons (Fsp3) is 0.462. The summed E-state index contributed by atoms with van der Waals surface area (Å²) in [6, 6.07) is 5.51. The highest BCUT2D eigenvalue weighted by Crippen LogP contribution is 2.29. The summed E-state index contributed by atoms with van der Waals surface area (Å²) in [6.07, 6.45) is 2.03. The first-order chi connectivity index (χ1) is 8.09. The van der Waals surface area contributed by atoms with Crippen LogP contribution in [-0.4, -0.2) is 31.5 Å². The number of primary amides is 1. The third-order valence-electron chi connectivity index (χ3n) is 3.03. The number of carbonyl (C=O) groups is 1. The van der Waals surface area contributed by atoms with Crippen LogP contribution in [0, 0.1) is 0 Å². The number of likely N-dealkylation sites (N-methyl/N-ethyl adjacent to an activating group) is 1. The molecular weight excluding hydrogens is 216 g/mol. The van der Waals surface area contributed by atoms with E-state index in [0.717, 1.165) is 30.8 Å². The van der Waals surface area contributed by atoms with Gasteiger partial charge < -0.3 is 10.5 Å². The van der Waals surface area contributed by atoms with Crippen LogP contribution in [0.4, 0.5) is 0 Å². The molecule has 2 rings (SSSR count). The first-order valence-corrected chi connectivity index (χ1v) is 5.81. The van der Waals surface area contributed by atoms with E-state index in [9.17, 15) is 4.79 Å². The van der Waals surface area contributed by atoms with Crippen LogP contribution >= 0.6 is 0 Å². The van der Waals surface area contributed by atoms with E-state index in [2.05, 4.69) is 0 Å². The van der Waals surface area contributed by atoms with Crippen molar-refractivity contribution in [2.45, 2.75) is 18.9 Å². The maximum absolute atomic E-state index is 11.5. The largest absolute Gasteiger partial charge is 0.493 e. The van der Waals surface area contributed by atoms with E-state index in [0.29, 0.717) is 0 Å². The van der Waals surface area contributed by atoms with Crippen molar-refractivity contribution in [1.82, 2.24) is 4.90 Å². The van der Waals surface area contributed by atoms with E-state index in [1.165, 1.54) is 5.56 Å². The molecule has 0 bridgehead atoms. The van der Waals surface area contributed by atoms with Crippen molar-refractivity contribution < 1.29 is 9.53 Å². The van der Waals surface area contributed by atoms with E-state index in [4.69, 9.17) is 10.5 Å². The Morgan fingerprint density at radius 2 is 2.24 bits per heavy atom. The molecule has 2 N–H and O–H groups in total. The molecule has 92 valence electrons. The topological polar surface area (TPSA) is 55.6 Å². The predicted molar refractivity (Wildman–Crippen MR) is 65.9 cm³/mol. The monoisotopic (exact) mass is 234 g/mol. The fourth-order valence-electron chi connectivity index (χ4n) is 2.27. The summed E-state index contributed by atoms with van der Waals surface area (Å²) in [4.78, 5) is 13.3. The minimum atomic E-state index is -0.373. The molecule has 17 heavy (non-hydrogen) atoms. The molecule has 4 heteroatoms. The second-order valence-corrected chi connectivity index (χ2v) is 4.59. The van der Waals surface area contributed by atoms with Gasteiger partial charge in [0.2, 0.25) is 5.91 Å². The lowest BCUT2D eigenvalue weighted by Gasteiger charge is -2.24. The lowest BCUT2D eigenvalue weighted by Crippen LogP contribution is -2.32. The number of nitrogens with zero attached hydrogens (tertiary/aromatic N) is 1. The van der Waals surface area contributed by atoms with Gasteiger partial charge in [0.1, 0.15) is 11.8 Å². The number of benzene rings is 1. The summed E-state index contributed by atoms with van der Waals surface area (Å²) in [5.41, 5.74) is 7.54. The molecule has 1 aliphatic rings. The average Bonchev–Trinajstić information content (AvgIpc) is 2.28. The third kappa shape index (κ3) is 2.42. The molecule has 0 spiro atoms. The van der Waals surface area contributed by atoms with Gasteiger partial charge in [0.15, 0.2) is 0 Å². The lowest BCUT2D eigenvalue weighted by molar-refractivity contribution is -0.122. The standard InChI is InChI=1S/C13H18N2O2/c1-15(2)12(13(14)16)10-5-6-11-9(8-10)4-3-7-17-11/h5-6,8,12H,3-4,7H2,1-2H3,(H2,14,16). The number of ether oxygens (including phenoxy) is 1. The Labute approximate surface area is 101 Å². The Morgan fingerprint density at radius 3 is 2.88 bits per heavy atom. The molecule has 1 amide bonds. The third-order valence-corrected chi connectivity index (χ3v) is 3.03. The lowest BCUT2D eigenvalue weighted by atomic mass is 9.98. The van der Waals surface area contributed by atoms with E-state index >= 15 is 0 Å². The minimum Gasteiger partial charge on any atom is -0.493 e. The van der Waals surface area contributed by atoms with Gasteiger partial charge in [-0.1, -0.05) is 12.1 Å². The van der Waals surface area contributed by atoms with Gasteiger partial charge in [-0.15, -0.1) is 0 Å².